The number of hydrogen-bond acceptors (Lipinski definition) is 4. The summed E-state index contributed by atoms with van der Waals surface area (Å²) in [5, 5.41) is 5.77. The van der Waals surface area contributed by atoms with Gasteiger partial charge in [-0.25, -0.2) is 0 Å². The monoisotopic (exact) mass is 399 g/mol. The Labute approximate surface area is 163 Å². The molecule has 2 N–H and O–H groups in total. The molecule has 1 aromatic carbocycles. The maximum Gasteiger partial charge on any atom is 0.416 e. The predicted octanol–water partition coefficient (Wildman–Crippen LogP) is 3.30. The molecule has 156 valence electrons. The number of nitrogens with one attached hydrogen (secondary N) is 2. The van der Waals surface area contributed by atoms with Crippen molar-refractivity contribution in [2.75, 3.05) is 31.1 Å². The number of anilines is 1. The van der Waals surface area contributed by atoms with E-state index in [0.717, 1.165) is 12.1 Å². The van der Waals surface area contributed by atoms with Gasteiger partial charge in [0, 0.05) is 50.3 Å². The molecule has 0 aliphatic carbocycles. The second-order valence-corrected chi connectivity index (χ2v) is 7.02. The van der Waals surface area contributed by atoms with Crippen LogP contribution in [0.5, 0.6) is 0 Å². The third-order valence-electron chi connectivity index (χ3n) is 5.12. The minimum atomic E-state index is -4.54. The van der Waals surface area contributed by atoms with Gasteiger partial charge in [0.2, 0.25) is 0 Å². The fourth-order valence-electron chi connectivity index (χ4n) is 3.28. The molecule has 0 bridgehead atoms. The molecule has 1 heterocycles. The van der Waals surface area contributed by atoms with Gasteiger partial charge >= 0.3 is 6.18 Å². The van der Waals surface area contributed by atoms with E-state index in [2.05, 4.69) is 10.6 Å². The lowest BCUT2D eigenvalue weighted by atomic mass is 9.98. The van der Waals surface area contributed by atoms with E-state index < -0.39 is 17.6 Å². The topological polar surface area (TPSA) is 61.4 Å². The highest BCUT2D eigenvalue weighted by Crippen LogP contribution is 2.36. The summed E-state index contributed by atoms with van der Waals surface area (Å²) in [6.07, 6.45) is -3.28. The maximum atomic E-state index is 13.4. The number of rotatable bonds is 9. The van der Waals surface area contributed by atoms with Gasteiger partial charge in [0.15, 0.2) is 0 Å². The second-order valence-electron chi connectivity index (χ2n) is 7.02. The van der Waals surface area contributed by atoms with E-state index in [1.54, 1.807) is 13.8 Å². The molecule has 1 amide bonds. The van der Waals surface area contributed by atoms with Crippen molar-refractivity contribution in [3.63, 3.8) is 0 Å². The Bertz CT molecular complexity index is 715. The van der Waals surface area contributed by atoms with E-state index in [1.165, 1.54) is 0 Å². The molecule has 1 fully saturated rings. The van der Waals surface area contributed by atoms with Gasteiger partial charge in [0.25, 0.3) is 5.91 Å². The lowest BCUT2D eigenvalue weighted by Crippen LogP contribution is -2.57. The SMILES string of the molecule is CCC(=O)CCCNC(=O)c1cc(C(F)(F)F)cc(N(CC)C2CNC2)c1C. The van der Waals surface area contributed by atoms with Crippen molar-refractivity contribution < 1.29 is 22.8 Å². The predicted molar refractivity (Wildman–Crippen MR) is 103 cm³/mol. The number of likely N-dealkylation sites (N-methyl/N-ethyl adjacent to an activating group) is 1. The third-order valence-corrected chi connectivity index (χ3v) is 5.12. The molecule has 0 unspecified atom stereocenters. The van der Waals surface area contributed by atoms with E-state index in [0.29, 0.717) is 50.1 Å². The fraction of sp³-hybridized carbons (Fsp3) is 0.600. The molecule has 1 aliphatic heterocycles. The summed E-state index contributed by atoms with van der Waals surface area (Å²) >= 11 is 0. The fourth-order valence-corrected chi connectivity index (χ4v) is 3.28. The van der Waals surface area contributed by atoms with Crippen molar-refractivity contribution in [2.45, 2.75) is 52.3 Å². The highest BCUT2D eigenvalue weighted by molar-refractivity contribution is 5.97. The van der Waals surface area contributed by atoms with Gasteiger partial charge in [-0.2, -0.15) is 13.2 Å². The first kappa shape index (κ1) is 22.2. The van der Waals surface area contributed by atoms with Crippen LogP contribution in [0.4, 0.5) is 18.9 Å². The van der Waals surface area contributed by atoms with Crippen LogP contribution in [-0.4, -0.2) is 43.9 Å². The molecule has 5 nitrogen and oxygen atoms in total. The van der Waals surface area contributed by atoms with E-state index in [4.69, 9.17) is 0 Å². The number of benzene rings is 1. The molecule has 0 radical (unpaired) electrons. The van der Waals surface area contributed by atoms with Crippen LogP contribution in [0, 0.1) is 6.92 Å². The third kappa shape index (κ3) is 5.25. The quantitative estimate of drug-likeness (QED) is 0.626. The van der Waals surface area contributed by atoms with Crippen LogP contribution in [0.1, 0.15) is 54.6 Å². The zero-order valence-electron chi connectivity index (χ0n) is 16.6. The summed E-state index contributed by atoms with van der Waals surface area (Å²) in [6, 6.07) is 2.16. The van der Waals surface area contributed by atoms with E-state index in [1.807, 2.05) is 11.8 Å². The van der Waals surface area contributed by atoms with Crippen LogP contribution < -0.4 is 15.5 Å². The van der Waals surface area contributed by atoms with E-state index in [-0.39, 0.29) is 23.9 Å². The first-order valence-corrected chi connectivity index (χ1v) is 9.68. The summed E-state index contributed by atoms with van der Waals surface area (Å²) in [7, 11) is 0. The summed E-state index contributed by atoms with van der Waals surface area (Å²) < 4.78 is 40.3. The number of halogens is 3. The van der Waals surface area contributed by atoms with Crippen LogP contribution in [0.2, 0.25) is 0 Å². The van der Waals surface area contributed by atoms with Crippen molar-refractivity contribution in [1.82, 2.24) is 10.6 Å². The molecular weight excluding hydrogens is 371 g/mol. The maximum absolute atomic E-state index is 13.4. The second kappa shape index (κ2) is 9.41. The van der Waals surface area contributed by atoms with Gasteiger partial charge in [-0.05, 0) is 38.0 Å². The van der Waals surface area contributed by atoms with Crippen LogP contribution in [0.3, 0.4) is 0 Å². The minimum absolute atomic E-state index is 0.0253. The van der Waals surface area contributed by atoms with Gasteiger partial charge in [-0.3, -0.25) is 9.59 Å². The van der Waals surface area contributed by atoms with Gasteiger partial charge in [0.05, 0.1) is 11.6 Å². The highest BCUT2D eigenvalue weighted by atomic mass is 19.4. The van der Waals surface area contributed by atoms with Crippen LogP contribution >= 0.6 is 0 Å². The molecule has 8 heteroatoms. The molecule has 0 aromatic heterocycles. The average Bonchev–Trinajstić information content (AvgIpc) is 2.60. The highest BCUT2D eigenvalue weighted by Gasteiger charge is 2.34. The van der Waals surface area contributed by atoms with Crippen molar-refractivity contribution in [3.05, 3.63) is 28.8 Å². The van der Waals surface area contributed by atoms with Crippen molar-refractivity contribution >= 4 is 17.4 Å². The van der Waals surface area contributed by atoms with Gasteiger partial charge in [0.1, 0.15) is 5.78 Å². The molecule has 2 rings (SSSR count). The molecule has 1 aliphatic rings. The first-order chi connectivity index (χ1) is 13.2. The van der Waals surface area contributed by atoms with Gasteiger partial charge in [-0.15, -0.1) is 0 Å². The Balaban J connectivity index is 2.27. The molecule has 1 saturated heterocycles. The lowest BCUT2D eigenvalue weighted by molar-refractivity contribution is -0.137. The zero-order valence-corrected chi connectivity index (χ0v) is 16.6. The number of ketones is 1. The summed E-state index contributed by atoms with van der Waals surface area (Å²) in [5.41, 5.74) is 0.168. The normalized spacial score (nSPS) is 14.5. The number of hydrogen-bond donors (Lipinski definition) is 2. The zero-order chi connectivity index (χ0) is 20.9. The van der Waals surface area contributed by atoms with Crippen LogP contribution in [0.25, 0.3) is 0 Å². The van der Waals surface area contributed by atoms with E-state index >= 15 is 0 Å². The van der Waals surface area contributed by atoms with Crippen LogP contribution in [-0.2, 0) is 11.0 Å². The molecular formula is C20H28F3N3O2. The van der Waals surface area contributed by atoms with Crippen molar-refractivity contribution in [2.24, 2.45) is 0 Å². The van der Waals surface area contributed by atoms with E-state index in [9.17, 15) is 22.8 Å². The lowest BCUT2D eigenvalue weighted by Gasteiger charge is -2.40. The Kier molecular flexibility index (Phi) is 7.46. The number of carbonyl (C=O) groups excluding carboxylic acids is 2. The summed E-state index contributed by atoms with van der Waals surface area (Å²) in [5.74, 6) is -0.448. The number of amides is 1. The number of Topliss-reactive ketones (excluding diaryl/α,β-unsaturated/α-hetero) is 1. The standard InChI is InChI=1S/C20H28F3N3O2/c1-4-16(27)7-6-8-25-19(28)17-9-14(20(21,22)23)10-18(13(17)3)26(5-2)15-11-24-12-15/h9-10,15,24H,4-8,11-12H2,1-3H3,(H,25,28). The Hall–Kier alpha value is -2.09. The Morgan fingerprint density at radius 1 is 1.25 bits per heavy atom. The smallest absolute Gasteiger partial charge is 0.366 e. The Morgan fingerprint density at radius 3 is 2.43 bits per heavy atom. The minimum Gasteiger partial charge on any atom is -0.366 e. The number of alkyl halides is 3. The average molecular weight is 399 g/mol. The molecule has 0 atom stereocenters. The van der Waals surface area contributed by atoms with Gasteiger partial charge in [-0.1, -0.05) is 6.92 Å². The van der Waals surface area contributed by atoms with Gasteiger partial charge < -0.3 is 15.5 Å². The van der Waals surface area contributed by atoms with Crippen LogP contribution in [0.15, 0.2) is 12.1 Å². The van der Waals surface area contributed by atoms with Crippen molar-refractivity contribution in [3.8, 4) is 0 Å². The van der Waals surface area contributed by atoms with Crippen molar-refractivity contribution in [1.29, 1.82) is 0 Å². The molecule has 1 aromatic rings. The largest absolute Gasteiger partial charge is 0.416 e. The summed E-state index contributed by atoms with van der Waals surface area (Å²) in [4.78, 5) is 25.8. The molecule has 0 spiro atoms. The molecule has 0 saturated carbocycles. The Morgan fingerprint density at radius 2 is 1.93 bits per heavy atom. The number of carbonyl (C=O) groups is 2. The number of nitrogens with zero attached hydrogens (tertiary/aromatic N) is 1. The summed E-state index contributed by atoms with van der Waals surface area (Å²) in [6.45, 7) is 7.55. The molecule has 28 heavy (non-hydrogen) atoms. The first-order valence-electron chi connectivity index (χ1n) is 9.68.